The van der Waals surface area contributed by atoms with Crippen LogP contribution in [0.3, 0.4) is 0 Å². The van der Waals surface area contributed by atoms with Crippen molar-refractivity contribution < 1.29 is 9.53 Å². The zero-order valence-electron chi connectivity index (χ0n) is 10.3. The summed E-state index contributed by atoms with van der Waals surface area (Å²) in [7, 11) is 0. The van der Waals surface area contributed by atoms with Crippen LogP contribution in [0.1, 0.15) is 25.6 Å². The second kappa shape index (κ2) is 6.93. The van der Waals surface area contributed by atoms with Gasteiger partial charge in [0.05, 0.1) is 13.2 Å². The number of carbonyl (C=O) groups excluding carboxylic acids is 1. The molecule has 0 radical (unpaired) electrons. The average molecular weight is 277 g/mol. The Morgan fingerprint density at radius 3 is 2.82 bits per heavy atom. The fraction of sp³-hybridized carbons (Fsp3) is 0.636. The molecule has 96 valence electrons. The summed E-state index contributed by atoms with van der Waals surface area (Å²) in [6.45, 7) is 7.27. The lowest BCUT2D eigenvalue weighted by molar-refractivity contribution is -0.145. The minimum atomic E-state index is -0.197. The summed E-state index contributed by atoms with van der Waals surface area (Å²) in [5.41, 5.74) is 0. The highest BCUT2D eigenvalue weighted by Crippen LogP contribution is 2.20. The first kappa shape index (κ1) is 14.4. The lowest BCUT2D eigenvalue weighted by Gasteiger charge is -2.24. The Morgan fingerprint density at radius 2 is 2.35 bits per heavy atom. The predicted octanol–water partition coefficient (Wildman–Crippen LogP) is 2.57. The molecular weight excluding hydrogens is 260 g/mol. The van der Waals surface area contributed by atoms with E-state index >= 15 is 0 Å². The summed E-state index contributed by atoms with van der Waals surface area (Å²) in [6, 6.07) is 0.264. The van der Waals surface area contributed by atoms with Crippen molar-refractivity contribution in [1.29, 1.82) is 0 Å². The number of ether oxygens (including phenoxy) is 1. The third kappa shape index (κ3) is 5.02. The number of halogens is 1. The maximum Gasteiger partial charge on any atom is 0.320 e. The molecule has 0 saturated carbocycles. The molecule has 1 aromatic heterocycles. The van der Waals surface area contributed by atoms with Crippen molar-refractivity contribution in [2.24, 2.45) is 0 Å². The van der Waals surface area contributed by atoms with E-state index in [1.807, 2.05) is 18.7 Å². The van der Waals surface area contributed by atoms with Crippen LogP contribution in [0.4, 0.5) is 0 Å². The normalized spacial score (nSPS) is 11.2. The molecule has 0 unspecified atom stereocenters. The molecule has 0 amide bonds. The van der Waals surface area contributed by atoms with Gasteiger partial charge in [-0.05, 0) is 20.8 Å². The van der Waals surface area contributed by atoms with Gasteiger partial charge in [0, 0.05) is 23.7 Å². The van der Waals surface area contributed by atoms with E-state index in [4.69, 9.17) is 16.3 Å². The minimum Gasteiger partial charge on any atom is -0.465 e. The first-order valence-electron chi connectivity index (χ1n) is 5.52. The van der Waals surface area contributed by atoms with Crippen molar-refractivity contribution >= 4 is 28.9 Å². The van der Waals surface area contributed by atoms with Gasteiger partial charge in [0.1, 0.15) is 0 Å². The highest BCUT2D eigenvalue weighted by atomic mass is 35.5. The van der Waals surface area contributed by atoms with Crippen molar-refractivity contribution in [3.63, 3.8) is 0 Å². The van der Waals surface area contributed by atoms with Crippen molar-refractivity contribution in [2.45, 2.75) is 33.4 Å². The van der Waals surface area contributed by atoms with Gasteiger partial charge >= 0.3 is 5.97 Å². The van der Waals surface area contributed by atoms with Gasteiger partial charge in [-0.1, -0.05) is 11.6 Å². The smallest absolute Gasteiger partial charge is 0.320 e. The van der Waals surface area contributed by atoms with E-state index in [-0.39, 0.29) is 12.0 Å². The van der Waals surface area contributed by atoms with E-state index in [1.165, 1.54) is 11.3 Å². The number of esters is 1. The van der Waals surface area contributed by atoms with E-state index < -0.39 is 0 Å². The second-order valence-electron chi connectivity index (χ2n) is 3.88. The highest BCUT2D eigenvalue weighted by molar-refractivity contribution is 7.15. The van der Waals surface area contributed by atoms with Gasteiger partial charge in [0.2, 0.25) is 0 Å². The molecular formula is C11H17ClN2O2S. The molecule has 0 aliphatic rings. The van der Waals surface area contributed by atoms with Gasteiger partial charge in [-0.15, -0.1) is 11.3 Å². The zero-order valence-corrected chi connectivity index (χ0v) is 11.8. The van der Waals surface area contributed by atoms with Crippen LogP contribution in [0.15, 0.2) is 6.20 Å². The van der Waals surface area contributed by atoms with E-state index in [0.29, 0.717) is 24.2 Å². The summed E-state index contributed by atoms with van der Waals surface area (Å²) in [6.07, 6.45) is 1.74. The molecule has 1 rings (SSSR count). The molecule has 6 heteroatoms. The third-order valence-electron chi connectivity index (χ3n) is 2.25. The van der Waals surface area contributed by atoms with Crippen LogP contribution in [0.25, 0.3) is 0 Å². The standard InChI is InChI=1S/C11H17ClN2O2S/c1-4-16-10(15)7-14(8(2)3)6-9-5-13-11(12)17-9/h5,8H,4,6-7H2,1-3H3. The number of rotatable bonds is 6. The molecule has 1 heterocycles. The van der Waals surface area contributed by atoms with Crippen LogP contribution >= 0.6 is 22.9 Å². The molecule has 0 N–H and O–H groups in total. The molecule has 0 aliphatic carbocycles. The van der Waals surface area contributed by atoms with Gasteiger partial charge < -0.3 is 4.74 Å². The van der Waals surface area contributed by atoms with Gasteiger partial charge in [-0.3, -0.25) is 9.69 Å². The Labute approximate surface area is 111 Å². The number of nitrogens with zero attached hydrogens (tertiary/aromatic N) is 2. The molecule has 0 aromatic carbocycles. The predicted molar refractivity (Wildman–Crippen MR) is 69.3 cm³/mol. The van der Waals surface area contributed by atoms with E-state index in [1.54, 1.807) is 13.1 Å². The fourth-order valence-corrected chi connectivity index (χ4v) is 2.35. The van der Waals surface area contributed by atoms with Crippen LogP contribution in [-0.2, 0) is 16.1 Å². The molecule has 17 heavy (non-hydrogen) atoms. The van der Waals surface area contributed by atoms with Crippen molar-refractivity contribution in [3.8, 4) is 0 Å². The molecule has 0 spiro atoms. The van der Waals surface area contributed by atoms with Gasteiger partial charge in [-0.2, -0.15) is 0 Å². The summed E-state index contributed by atoms with van der Waals surface area (Å²) < 4.78 is 5.47. The number of carbonyl (C=O) groups is 1. The van der Waals surface area contributed by atoms with Crippen LogP contribution in [0.5, 0.6) is 0 Å². The molecule has 0 bridgehead atoms. The summed E-state index contributed by atoms with van der Waals surface area (Å²) >= 11 is 7.21. The Morgan fingerprint density at radius 1 is 1.65 bits per heavy atom. The van der Waals surface area contributed by atoms with Gasteiger partial charge in [-0.25, -0.2) is 4.98 Å². The van der Waals surface area contributed by atoms with Crippen LogP contribution in [0, 0.1) is 0 Å². The lowest BCUT2D eigenvalue weighted by atomic mass is 10.3. The number of hydrogen-bond donors (Lipinski definition) is 0. The van der Waals surface area contributed by atoms with Gasteiger partial charge in [0.15, 0.2) is 4.47 Å². The Kier molecular flexibility index (Phi) is 5.88. The van der Waals surface area contributed by atoms with Crippen LogP contribution in [-0.4, -0.2) is 35.0 Å². The average Bonchev–Trinajstić information content (AvgIpc) is 2.63. The molecule has 0 atom stereocenters. The third-order valence-corrected chi connectivity index (χ3v) is 3.35. The van der Waals surface area contributed by atoms with E-state index in [0.717, 1.165) is 4.88 Å². The Balaban J connectivity index is 2.57. The molecule has 0 aliphatic heterocycles. The van der Waals surface area contributed by atoms with E-state index in [9.17, 15) is 4.79 Å². The maximum absolute atomic E-state index is 11.5. The first-order chi connectivity index (χ1) is 8.02. The molecule has 0 fully saturated rings. The van der Waals surface area contributed by atoms with Crippen molar-refractivity contribution in [1.82, 2.24) is 9.88 Å². The molecule has 4 nitrogen and oxygen atoms in total. The molecule has 1 aromatic rings. The lowest BCUT2D eigenvalue weighted by Crippen LogP contribution is -2.35. The fourth-order valence-electron chi connectivity index (χ4n) is 1.35. The number of aromatic nitrogens is 1. The Hall–Kier alpha value is -0.650. The van der Waals surface area contributed by atoms with E-state index in [2.05, 4.69) is 4.98 Å². The summed E-state index contributed by atoms with van der Waals surface area (Å²) in [5.74, 6) is -0.197. The monoisotopic (exact) mass is 276 g/mol. The second-order valence-corrected chi connectivity index (χ2v) is 5.58. The van der Waals surface area contributed by atoms with Crippen LogP contribution < -0.4 is 0 Å². The Bertz CT molecular complexity index is 368. The topological polar surface area (TPSA) is 42.4 Å². The van der Waals surface area contributed by atoms with Gasteiger partial charge in [0.25, 0.3) is 0 Å². The van der Waals surface area contributed by atoms with Crippen LogP contribution in [0.2, 0.25) is 4.47 Å². The number of hydrogen-bond acceptors (Lipinski definition) is 5. The molecule has 0 saturated heterocycles. The SMILES string of the molecule is CCOC(=O)CN(Cc1cnc(Cl)s1)C(C)C. The largest absolute Gasteiger partial charge is 0.465 e. The summed E-state index contributed by atoms with van der Waals surface area (Å²) in [4.78, 5) is 18.5. The minimum absolute atomic E-state index is 0.197. The van der Waals surface area contributed by atoms with Crippen molar-refractivity contribution in [2.75, 3.05) is 13.2 Å². The van der Waals surface area contributed by atoms with Crippen molar-refractivity contribution in [3.05, 3.63) is 15.5 Å². The maximum atomic E-state index is 11.5. The quantitative estimate of drug-likeness (QED) is 0.749. The number of thiazole rings is 1. The summed E-state index contributed by atoms with van der Waals surface area (Å²) in [5, 5.41) is 0. The first-order valence-corrected chi connectivity index (χ1v) is 6.72. The highest BCUT2D eigenvalue weighted by Gasteiger charge is 2.16. The zero-order chi connectivity index (χ0) is 12.8.